The summed E-state index contributed by atoms with van der Waals surface area (Å²) in [5.74, 6) is 0. The molecule has 2 aromatic rings. The lowest BCUT2D eigenvalue weighted by Gasteiger charge is -2.29. The molecule has 2 saturated heterocycles. The second-order valence-corrected chi connectivity index (χ2v) is 8.70. The molecule has 27 heavy (non-hydrogen) atoms. The van der Waals surface area contributed by atoms with E-state index in [4.69, 9.17) is 23.2 Å². The molecule has 2 heterocycles. The molecule has 0 amide bonds. The fraction of sp³-hybridized carbons (Fsp3) is 0.455. The van der Waals surface area contributed by atoms with Crippen molar-refractivity contribution in [2.24, 2.45) is 0 Å². The van der Waals surface area contributed by atoms with E-state index < -0.39 is 0 Å². The van der Waals surface area contributed by atoms with Crippen LogP contribution in [-0.4, -0.2) is 26.2 Å². The Hall–Kier alpha value is -0.490. The molecule has 2 aliphatic heterocycles. The van der Waals surface area contributed by atoms with Gasteiger partial charge in [-0.2, -0.15) is 0 Å². The number of nitrogens with zero attached hydrogens (tertiary/aromatic N) is 1. The first-order chi connectivity index (χ1) is 13.2. The summed E-state index contributed by atoms with van der Waals surface area (Å²) >= 11 is 14.0. The van der Waals surface area contributed by atoms with Crippen LogP contribution in [0, 0.1) is 3.57 Å². The van der Waals surface area contributed by atoms with Crippen molar-refractivity contribution in [1.82, 2.24) is 5.32 Å². The van der Waals surface area contributed by atoms with E-state index in [0.717, 1.165) is 26.7 Å². The maximum atomic E-state index is 6.12. The van der Waals surface area contributed by atoms with Gasteiger partial charge in [-0.25, -0.2) is 0 Å². The van der Waals surface area contributed by atoms with Crippen LogP contribution in [0.3, 0.4) is 0 Å². The Morgan fingerprint density at radius 2 is 1.26 bits per heavy atom. The Balaban J connectivity index is 0.000000159. The van der Waals surface area contributed by atoms with Gasteiger partial charge in [-0.15, -0.1) is 0 Å². The highest BCUT2D eigenvalue weighted by Gasteiger charge is 2.12. The minimum absolute atomic E-state index is 0.827. The summed E-state index contributed by atoms with van der Waals surface area (Å²) in [6, 6.07) is 15.8. The standard InChI is InChI=1S/C11H14ClN.C6H4ClI.C5H11N/c12-10-6-2-3-7-11(10)13-8-4-1-5-9-13;7-5-3-1-2-4-6(5)8;1-2-4-6-5-3-1/h2-3,6-7H,1,4-5,8-9H2;1-4H;6H,1-5H2. The van der Waals surface area contributed by atoms with Gasteiger partial charge in [-0.1, -0.05) is 53.9 Å². The Labute approximate surface area is 187 Å². The van der Waals surface area contributed by atoms with Crippen LogP contribution in [0.15, 0.2) is 48.5 Å². The number of para-hydroxylation sites is 1. The van der Waals surface area contributed by atoms with Crippen molar-refractivity contribution in [3.8, 4) is 0 Å². The lowest BCUT2D eigenvalue weighted by atomic mass is 10.1. The van der Waals surface area contributed by atoms with E-state index in [1.165, 1.54) is 57.3 Å². The van der Waals surface area contributed by atoms with Gasteiger partial charge in [0.15, 0.2) is 0 Å². The minimum Gasteiger partial charge on any atom is -0.370 e. The van der Waals surface area contributed by atoms with Crippen molar-refractivity contribution in [1.29, 1.82) is 0 Å². The Morgan fingerprint density at radius 1 is 0.704 bits per heavy atom. The zero-order chi connectivity index (χ0) is 19.3. The summed E-state index contributed by atoms with van der Waals surface area (Å²) in [6.45, 7) is 4.81. The van der Waals surface area contributed by atoms with Crippen molar-refractivity contribution < 1.29 is 0 Å². The van der Waals surface area contributed by atoms with E-state index in [2.05, 4.69) is 44.9 Å². The van der Waals surface area contributed by atoms with Crippen LogP contribution in [0.25, 0.3) is 0 Å². The van der Waals surface area contributed by atoms with Gasteiger partial charge in [-0.05, 0) is 92.0 Å². The van der Waals surface area contributed by atoms with Crippen LogP contribution in [0.5, 0.6) is 0 Å². The summed E-state index contributed by atoms with van der Waals surface area (Å²) in [4.78, 5) is 2.38. The van der Waals surface area contributed by atoms with Crippen LogP contribution >= 0.6 is 45.8 Å². The molecule has 4 rings (SSSR count). The van der Waals surface area contributed by atoms with Crippen molar-refractivity contribution in [2.45, 2.75) is 38.5 Å². The van der Waals surface area contributed by atoms with Crippen LogP contribution in [0.1, 0.15) is 38.5 Å². The van der Waals surface area contributed by atoms with Gasteiger partial charge < -0.3 is 10.2 Å². The van der Waals surface area contributed by atoms with Gasteiger partial charge in [0.05, 0.1) is 15.7 Å². The summed E-state index contributed by atoms with van der Waals surface area (Å²) in [7, 11) is 0. The molecule has 2 aromatic carbocycles. The van der Waals surface area contributed by atoms with E-state index in [0.29, 0.717) is 0 Å². The highest BCUT2D eigenvalue weighted by Crippen LogP contribution is 2.27. The average molecular weight is 519 g/mol. The van der Waals surface area contributed by atoms with Gasteiger partial charge in [0.1, 0.15) is 0 Å². The van der Waals surface area contributed by atoms with Crippen molar-refractivity contribution in [2.75, 3.05) is 31.1 Å². The molecule has 0 radical (unpaired) electrons. The maximum Gasteiger partial charge on any atom is 0.0639 e. The Morgan fingerprint density at radius 3 is 1.70 bits per heavy atom. The predicted molar refractivity (Wildman–Crippen MR) is 128 cm³/mol. The third-order valence-corrected chi connectivity index (χ3v) is 6.49. The van der Waals surface area contributed by atoms with E-state index >= 15 is 0 Å². The van der Waals surface area contributed by atoms with Crippen LogP contribution in [0.4, 0.5) is 5.69 Å². The molecule has 2 nitrogen and oxygen atoms in total. The molecule has 0 atom stereocenters. The molecule has 0 aromatic heterocycles. The molecule has 5 heteroatoms. The molecule has 0 bridgehead atoms. The first-order valence-electron chi connectivity index (χ1n) is 9.78. The van der Waals surface area contributed by atoms with E-state index in [-0.39, 0.29) is 0 Å². The fourth-order valence-corrected chi connectivity index (χ4v) is 3.86. The zero-order valence-electron chi connectivity index (χ0n) is 15.8. The zero-order valence-corrected chi connectivity index (χ0v) is 19.4. The van der Waals surface area contributed by atoms with E-state index in [1.54, 1.807) is 0 Å². The Bertz CT molecular complexity index is 624. The highest BCUT2D eigenvalue weighted by molar-refractivity contribution is 14.1. The normalized spacial score (nSPS) is 16.5. The number of benzene rings is 2. The summed E-state index contributed by atoms with van der Waals surface area (Å²) in [5, 5.41) is 4.99. The van der Waals surface area contributed by atoms with E-state index in [9.17, 15) is 0 Å². The van der Waals surface area contributed by atoms with Crippen LogP contribution < -0.4 is 10.2 Å². The smallest absolute Gasteiger partial charge is 0.0639 e. The molecule has 0 aliphatic carbocycles. The number of halogens is 3. The quantitative estimate of drug-likeness (QED) is 0.407. The van der Waals surface area contributed by atoms with Crippen LogP contribution in [0.2, 0.25) is 10.0 Å². The fourth-order valence-electron chi connectivity index (χ4n) is 3.08. The molecular weight excluding hydrogens is 490 g/mol. The summed E-state index contributed by atoms with van der Waals surface area (Å²) < 4.78 is 1.10. The van der Waals surface area contributed by atoms with Gasteiger partial charge in [0, 0.05) is 16.7 Å². The SMILES string of the molecule is C1CCNCC1.Clc1ccccc1I.Clc1ccccc1N1CCCCC1. The highest BCUT2D eigenvalue weighted by atomic mass is 127. The molecule has 0 saturated carbocycles. The Kier molecular flexibility index (Phi) is 11.5. The molecule has 0 spiro atoms. The first-order valence-corrected chi connectivity index (χ1v) is 11.6. The second-order valence-electron chi connectivity index (χ2n) is 6.72. The van der Waals surface area contributed by atoms with Crippen LogP contribution in [-0.2, 0) is 0 Å². The maximum absolute atomic E-state index is 6.12. The molecule has 148 valence electrons. The van der Waals surface area contributed by atoms with E-state index in [1.807, 2.05) is 36.4 Å². The molecule has 2 aliphatic rings. The average Bonchev–Trinajstić information content (AvgIpc) is 2.73. The topological polar surface area (TPSA) is 15.3 Å². The molecule has 1 N–H and O–H groups in total. The first kappa shape index (κ1) is 22.8. The molecule has 2 fully saturated rings. The largest absolute Gasteiger partial charge is 0.370 e. The number of nitrogens with one attached hydrogen (secondary N) is 1. The molecule has 0 unspecified atom stereocenters. The van der Waals surface area contributed by atoms with Gasteiger partial charge in [0.2, 0.25) is 0 Å². The van der Waals surface area contributed by atoms with Gasteiger partial charge in [0.25, 0.3) is 0 Å². The number of anilines is 1. The number of piperidine rings is 2. The number of rotatable bonds is 1. The van der Waals surface area contributed by atoms with Crippen molar-refractivity contribution in [3.63, 3.8) is 0 Å². The minimum atomic E-state index is 0.827. The second kappa shape index (κ2) is 13.6. The lowest BCUT2D eigenvalue weighted by Crippen LogP contribution is -2.29. The van der Waals surface area contributed by atoms with Gasteiger partial charge in [-0.3, -0.25) is 0 Å². The van der Waals surface area contributed by atoms with Gasteiger partial charge >= 0.3 is 0 Å². The van der Waals surface area contributed by atoms with Crippen molar-refractivity contribution in [3.05, 3.63) is 62.1 Å². The number of hydrogen-bond donors (Lipinski definition) is 1. The number of hydrogen-bond acceptors (Lipinski definition) is 2. The van der Waals surface area contributed by atoms with Crippen molar-refractivity contribution >= 4 is 51.5 Å². The molecular formula is C22H29Cl2IN2. The summed E-state index contributed by atoms with van der Waals surface area (Å²) in [6.07, 6.45) is 8.17. The lowest BCUT2D eigenvalue weighted by molar-refractivity contribution is 0.520. The summed E-state index contributed by atoms with van der Waals surface area (Å²) in [5.41, 5.74) is 1.20. The third-order valence-electron chi connectivity index (χ3n) is 4.58. The monoisotopic (exact) mass is 518 g/mol. The third kappa shape index (κ3) is 9.03. The predicted octanol–water partition coefficient (Wildman–Crippen LogP) is 7.03.